The summed E-state index contributed by atoms with van der Waals surface area (Å²) in [7, 11) is 2.15. The number of rotatable bonds is 2. The zero-order chi connectivity index (χ0) is 14.6. The van der Waals surface area contributed by atoms with E-state index in [1.54, 1.807) is 0 Å². The van der Waals surface area contributed by atoms with Crippen molar-refractivity contribution in [1.29, 1.82) is 0 Å². The van der Waals surface area contributed by atoms with Crippen LogP contribution in [0.15, 0.2) is 24.3 Å². The van der Waals surface area contributed by atoms with Crippen molar-refractivity contribution >= 4 is 5.91 Å². The van der Waals surface area contributed by atoms with Crippen LogP contribution in [0.25, 0.3) is 0 Å². The van der Waals surface area contributed by atoms with Crippen LogP contribution < -0.4 is 5.32 Å². The van der Waals surface area contributed by atoms with Gasteiger partial charge in [-0.05, 0) is 31.0 Å². The summed E-state index contributed by atoms with van der Waals surface area (Å²) in [6.45, 7) is 2.12. The average molecular weight is 286 g/mol. The second kappa shape index (κ2) is 4.82. The number of aliphatic hydroxyl groups excluding tert-OH is 1. The molecule has 0 unspecified atom stereocenters. The van der Waals surface area contributed by atoms with Crippen molar-refractivity contribution in [2.24, 2.45) is 11.8 Å². The zero-order valence-corrected chi connectivity index (χ0v) is 12.3. The van der Waals surface area contributed by atoms with E-state index >= 15 is 0 Å². The zero-order valence-electron chi connectivity index (χ0n) is 12.3. The Morgan fingerprint density at radius 1 is 1.24 bits per heavy atom. The number of amides is 1. The number of carbonyl (C=O) groups is 1. The van der Waals surface area contributed by atoms with E-state index in [2.05, 4.69) is 41.5 Å². The molecule has 2 aliphatic carbocycles. The Morgan fingerprint density at radius 3 is 2.67 bits per heavy atom. The molecule has 21 heavy (non-hydrogen) atoms. The SMILES string of the molecule is CN1C[C@@H]2[C@H](NC(=O)C3CC(O)C3)c3ccccc3[C@@H]2C1. The number of fused-ring (bicyclic) bond motifs is 3. The van der Waals surface area contributed by atoms with E-state index in [1.807, 2.05) is 0 Å². The summed E-state index contributed by atoms with van der Waals surface area (Å²) in [5.41, 5.74) is 2.71. The summed E-state index contributed by atoms with van der Waals surface area (Å²) >= 11 is 0. The minimum Gasteiger partial charge on any atom is -0.393 e. The first-order chi connectivity index (χ1) is 10.1. The highest BCUT2D eigenvalue weighted by Gasteiger charge is 2.46. The quantitative estimate of drug-likeness (QED) is 0.861. The largest absolute Gasteiger partial charge is 0.393 e. The van der Waals surface area contributed by atoms with Gasteiger partial charge in [-0.3, -0.25) is 4.79 Å². The molecular weight excluding hydrogens is 264 g/mol. The number of hydrogen-bond acceptors (Lipinski definition) is 3. The number of aliphatic hydroxyl groups is 1. The molecular formula is C17H22N2O2. The Hall–Kier alpha value is -1.39. The van der Waals surface area contributed by atoms with Gasteiger partial charge in [0.15, 0.2) is 0 Å². The van der Waals surface area contributed by atoms with Crippen LogP contribution in [-0.2, 0) is 4.79 Å². The Bertz CT molecular complexity index is 568. The van der Waals surface area contributed by atoms with Crippen LogP contribution in [0.1, 0.15) is 35.9 Å². The summed E-state index contributed by atoms with van der Waals surface area (Å²) in [5, 5.41) is 12.7. The predicted molar refractivity (Wildman–Crippen MR) is 79.8 cm³/mol. The summed E-state index contributed by atoms with van der Waals surface area (Å²) in [6, 6.07) is 8.68. The number of carbonyl (C=O) groups excluding carboxylic acids is 1. The highest BCUT2D eigenvalue weighted by atomic mass is 16.3. The van der Waals surface area contributed by atoms with E-state index in [0.29, 0.717) is 24.7 Å². The Morgan fingerprint density at radius 2 is 1.95 bits per heavy atom. The van der Waals surface area contributed by atoms with Crippen molar-refractivity contribution < 1.29 is 9.90 Å². The van der Waals surface area contributed by atoms with Crippen LogP contribution in [0, 0.1) is 11.8 Å². The smallest absolute Gasteiger partial charge is 0.223 e. The first-order valence-electron chi connectivity index (χ1n) is 7.89. The van der Waals surface area contributed by atoms with Gasteiger partial charge in [0.25, 0.3) is 0 Å². The van der Waals surface area contributed by atoms with E-state index in [1.165, 1.54) is 11.1 Å². The fourth-order valence-electron chi connectivity index (χ4n) is 4.32. The lowest BCUT2D eigenvalue weighted by atomic mass is 9.81. The second-order valence-electron chi connectivity index (χ2n) is 6.93. The van der Waals surface area contributed by atoms with Gasteiger partial charge in [0, 0.05) is 30.8 Å². The lowest BCUT2D eigenvalue weighted by Gasteiger charge is -2.32. The van der Waals surface area contributed by atoms with Gasteiger partial charge in [0.05, 0.1) is 12.1 Å². The molecule has 0 bridgehead atoms. The van der Waals surface area contributed by atoms with Crippen LogP contribution >= 0.6 is 0 Å². The Labute approximate surface area is 125 Å². The summed E-state index contributed by atoms with van der Waals surface area (Å²) in [5.74, 6) is 1.16. The molecule has 4 rings (SSSR count). The molecule has 1 aromatic rings. The van der Waals surface area contributed by atoms with Crippen molar-refractivity contribution in [2.45, 2.75) is 30.9 Å². The maximum absolute atomic E-state index is 12.4. The van der Waals surface area contributed by atoms with Gasteiger partial charge >= 0.3 is 0 Å². The Balaban J connectivity index is 1.57. The molecule has 4 nitrogen and oxygen atoms in total. The topological polar surface area (TPSA) is 52.6 Å². The highest BCUT2D eigenvalue weighted by molar-refractivity contribution is 5.80. The molecule has 2 N–H and O–H groups in total. The van der Waals surface area contributed by atoms with Crippen molar-refractivity contribution in [3.63, 3.8) is 0 Å². The minimum atomic E-state index is -0.276. The third-order valence-electron chi connectivity index (χ3n) is 5.49. The number of benzene rings is 1. The third kappa shape index (κ3) is 2.09. The lowest BCUT2D eigenvalue weighted by Crippen LogP contribution is -2.43. The number of likely N-dealkylation sites (N-methyl/N-ethyl adjacent to an activating group) is 1. The van der Waals surface area contributed by atoms with Crippen LogP contribution in [0.5, 0.6) is 0 Å². The first kappa shape index (κ1) is 13.3. The number of hydrogen-bond donors (Lipinski definition) is 2. The Kier molecular flexibility index (Phi) is 3.05. The minimum absolute atomic E-state index is 0.00495. The van der Waals surface area contributed by atoms with Crippen LogP contribution in [0.3, 0.4) is 0 Å². The molecule has 4 heteroatoms. The van der Waals surface area contributed by atoms with Gasteiger partial charge in [-0.25, -0.2) is 0 Å². The number of nitrogens with one attached hydrogen (secondary N) is 1. The molecule has 1 aromatic carbocycles. The van der Waals surface area contributed by atoms with Crippen molar-refractivity contribution in [3.8, 4) is 0 Å². The maximum Gasteiger partial charge on any atom is 0.223 e. The fraction of sp³-hybridized carbons (Fsp3) is 0.588. The normalized spacial score (nSPS) is 37.7. The van der Waals surface area contributed by atoms with Gasteiger partial charge in [-0.2, -0.15) is 0 Å². The lowest BCUT2D eigenvalue weighted by molar-refractivity contribution is -0.132. The summed E-state index contributed by atoms with van der Waals surface area (Å²) in [6.07, 6.45) is 0.963. The molecule has 0 radical (unpaired) electrons. The van der Waals surface area contributed by atoms with Crippen LogP contribution in [-0.4, -0.2) is 42.2 Å². The van der Waals surface area contributed by atoms with E-state index in [0.717, 1.165) is 13.1 Å². The van der Waals surface area contributed by atoms with Gasteiger partial charge in [-0.15, -0.1) is 0 Å². The van der Waals surface area contributed by atoms with Crippen molar-refractivity contribution in [1.82, 2.24) is 10.2 Å². The van der Waals surface area contributed by atoms with Gasteiger partial charge in [0.1, 0.15) is 0 Å². The number of nitrogens with zero attached hydrogens (tertiary/aromatic N) is 1. The van der Waals surface area contributed by atoms with Crippen molar-refractivity contribution in [2.75, 3.05) is 20.1 Å². The van der Waals surface area contributed by atoms with E-state index < -0.39 is 0 Å². The predicted octanol–water partition coefficient (Wildman–Crippen LogP) is 1.27. The van der Waals surface area contributed by atoms with E-state index in [-0.39, 0.29) is 24.0 Å². The molecule has 3 aliphatic rings. The average Bonchev–Trinajstić information content (AvgIpc) is 2.93. The van der Waals surface area contributed by atoms with Gasteiger partial charge in [0.2, 0.25) is 5.91 Å². The van der Waals surface area contributed by atoms with E-state index in [4.69, 9.17) is 0 Å². The molecule has 2 fully saturated rings. The standard InChI is InChI=1S/C17H22N2O2/c1-19-8-14-12-4-2-3-5-13(12)16(15(14)9-19)18-17(21)10-6-11(20)7-10/h2-5,10-11,14-16,20H,6-9H2,1H3,(H,18,21)/t10?,11?,14-,15-,16+/m0/s1. The summed E-state index contributed by atoms with van der Waals surface area (Å²) in [4.78, 5) is 14.7. The van der Waals surface area contributed by atoms with Crippen LogP contribution in [0.4, 0.5) is 0 Å². The van der Waals surface area contributed by atoms with Gasteiger partial charge < -0.3 is 15.3 Å². The molecule has 1 aliphatic heterocycles. The number of likely N-dealkylation sites (tertiary alicyclic amines) is 1. The first-order valence-corrected chi connectivity index (χ1v) is 7.89. The molecule has 1 heterocycles. The van der Waals surface area contributed by atoms with Crippen molar-refractivity contribution in [3.05, 3.63) is 35.4 Å². The molecule has 1 saturated heterocycles. The third-order valence-corrected chi connectivity index (χ3v) is 5.49. The van der Waals surface area contributed by atoms with Crippen LogP contribution in [0.2, 0.25) is 0 Å². The second-order valence-corrected chi connectivity index (χ2v) is 6.93. The maximum atomic E-state index is 12.4. The molecule has 1 amide bonds. The fourth-order valence-corrected chi connectivity index (χ4v) is 4.32. The molecule has 3 atom stereocenters. The van der Waals surface area contributed by atoms with Gasteiger partial charge in [-0.1, -0.05) is 24.3 Å². The highest BCUT2D eigenvalue weighted by Crippen LogP contribution is 2.49. The summed E-state index contributed by atoms with van der Waals surface area (Å²) < 4.78 is 0. The van der Waals surface area contributed by atoms with E-state index in [9.17, 15) is 9.90 Å². The molecule has 0 aromatic heterocycles. The monoisotopic (exact) mass is 286 g/mol. The molecule has 0 spiro atoms. The molecule has 112 valence electrons. The molecule has 1 saturated carbocycles.